The Kier molecular flexibility index (Phi) is 4.41. The summed E-state index contributed by atoms with van der Waals surface area (Å²) in [7, 11) is 0. The first-order valence-corrected chi connectivity index (χ1v) is 7.87. The van der Waals surface area contributed by atoms with Gasteiger partial charge >= 0.3 is 0 Å². The van der Waals surface area contributed by atoms with Crippen LogP contribution in [0.4, 0.5) is 0 Å². The van der Waals surface area contributed by atoms with Gasteiger partial charge in [-0.1, -0.05) is 17.3 Å². The second-order valence-electron chi connectivity index (χ2n) is 5.51. The monoisotopic (exact) mass is 367 g/mol. The molecule has 0 bridgehead atoms. The average molecular weight is 367 g/mol. The fourth-order valence-electron chi connectivity index (χ4n) is 2.49. The van der Waals surface area contributed by atoms with Crippen molar-refractivity contribution in [1.29, 1.82) is 0 Å². The quantitative estimate of drug-likeness (QED) is 0.291. The van der Waals surface area contributed by atoms with E-state index in [2.05, 4.69) is 25.5 Å². The molecule has 0 spiro atoms. The van der Waals surface area contributed by atoms with Crippen molar-refractivity contribution in [2.75, 3.05) is 0 Å². The van der Waals surface area contributed by atoms with E-state index in [4.69, 9.17) is 14.0 Å². The number of carbonyl (C=O) groups is 1. The fourth-order valence-corrected chi connectivity index (χ4v) is 2.49. The summed E-state index contributed by atoms with van der Waals surface area (Å²) in [6.45, 7) is 0. The number of amides is 1. The van der Waals surface area contributed by atoms with Gasteiger partial charge in [0, 0.05) is 6.08 Å². The van der Waals surface area contributed by atoms with Crippen molar-refractivity contribution >= 4 is 23.1 Å². The third-order valence-electron chi connectivity index (χ3n) is 3.73. The molecule has 1 amide bonds. The predicted molar refractivity (Wildman–Crippen MR) is 89.1 cm³/mol. The van der Waals surface area contributed by atoms with Crippen LogP contribution in [0.3, 0.4) is 0 Å². The number of fused-ring (bicyclic) bond motifs is 1. The zero-order valence-corrected chi connectivity index (χ0v) is 13.8. The second kappa shape index (κ2) is 7.17. The molecule has 1 aromatic carbocycles. The number of rotatable bonds is 6. The Balaban J connectivity index is 1.69. The Morgan fingerprint density at radius 2 is 2.22 bits per heavy atom. The van der Waals surface area contributed by atoms with E-state index >= 15 is 0 Å². The van der Waals surface area contributed by atoms with E-state index in [0.29, 0.717) is 28.6 Å². The molecule has 0 aliphatic carbocycles. The van der Waals surface area contributed by atoms with Gasteiger partial charge < -0.3 is 8.83 Å². The molecule has 1 atom stereocenters. The maximum atomic E-state index is 11.1. The van der Waals surface area contributed by atoms with Crippen molar-refractivity contribution in [2.24, 2.45) is 0 Å². The van der Waals surface area contributed by atoms with E-state index in [-0.39, 0.29) is 6.42 Å². The van der Waals surface area contributed by atoms with Crippen molar-refractivity contribution in [1.82, 2.24) is 35.7 Å². The third kappa shape index (κ3) is 3.57. The fraction of sp³-hybridized carbons (Fsp3) is 0.125. The Bertz CT molecular complexity index is 1050. The van der Waals surface area contributed by atoms with E-state index in [1.54, 1.807) is 6.20 Å². The Morgan fingerprint density at radius 3 is 3.00 bits per heavy atom. The van der Waals surface area contributed by atoms with Gasteiger partial charge in [-0.15, -0.1) is 15.3 Å². The van der Waals surface area contributed by atoms with E-state index < -0.39 is 11.9 Å². The van der Waals surface area contributed by atoms with Crippen molar-refractivity contribution in [3.8, 4) is 0 Å². The first-order chi connectivity index (χ1) is 13.2. The van der Waals surface area contributed by atoms with E-state index in [1.165, 1.54) is 22.6 Å². The molecule has 0 radical (unpaired) electrons. The topological polar surface area (TPSA) is 145 Å². The summed E-state index contributed by atoms with van der Waals surface area (Å²) >= 11 is 0. The number of hydrogen-bond acceptors (Lipinski definition) is 9. The van der Waals surface area contributed by atoms with Crippen LogP contribution in [0.5, 0.6) is 0 Å². The molecule has 0 aliphatic rings. The second-order valence-corrected chi connectivity index (χ2v) is 5.51. The van der Waals surface area contributed by atoms with Crippen LogP contribution in [0.15, 0.2) is 51.8 Å². The van der Waals surface area contributed by atoms with Crippen LogP contribution < -0.4 is 5.48 Å². The summed E-state index contributed by atoms with van der Waals surface area (Å²) in [6.07, 6.45) is 5.67. The number of carbonyl (C=O) groups excluding carboxylic acids is 1. The Hall–Kier alpha value is -3.86. The van der Waals surface area contributed by atoms with E-state index in [0.717, 1.165) is 6.08 Å². The number of aromatic nitrogens is 6. The lowest BCUT2D eigenvalue weighted by atomic mass is 10.2. The summed E-state index contributed by atoms with van der Waals surface area (Å²) in [4.78, 5) is 15.6. The molecule has 0 aliphatic heterocycles. The molecule has 0 fully saturated rings. The zero-order chi connectivity index (χ0) is 18.6. The lowest BCUT2D eigenvalue weighted by Gasteiger charge is -2.10. The highest BCUT2D eigenvalue weighted by Crippen LogP contribution is 2.25. The molecule has 3 aromatic heterocycles. The molecule has 11 nitrogen and oxygen atoms in total. The van der Waals surface area contributed by atoms with Crippen LogP contribution in [-0.4, -0.2) is 41.3 Å². The van der Waals surface area contributed by atoms with E-state index in [9.17, 15) is 4.79 Å². The minimum absolute atomic E-state index is 0.288. The highest BCUT2D eigenvalue weighted by atomic mass is 16.5. The van der Waals surface area contributed by atoms with Crippen LogP contribution in [0.1, 0.15) is 23.5 Å². The number of nitrogens with zero attached hydrogens (tertiary/aromatic N) is 6. The molecule has 2 N–H and O–H groups in total. The Morgan fingerprint density at radius 1 is 1.33 bits per heavy atom. The summed E-state index contributed by atoms with van der Waals surface area (Å²) in [6, 6.07) is 6.90. The zero-order valence-electron chi connectivity index (χ0n) is 13.8. The molecule has 4 rings (SSSR count). The molecular weight excluding hydrogens is 354 g/mol. The van der Waals surface area contributed by atoms with Gasteiger partial charge in [-0.25, -0.2) is 15.1 Å². The molecule has 4 aromatic rings. The highest BCUT2D eigenvalue weighted by molar-refractivity contribution is 5.90. The normalized spacial score (nSPS) is 12.6. The molecule has 11 heteroatoms. The minimum atomic E-state index is -0.675. The molecule has 0 saturated carbocycles. The number of hydroxylamine groups is 1. The third-order valence-corrected chi connectivity index (χ3v) is 3.73. The van der Waals surface area contributed by atoms with Gasteiger partial charge in [-0.05, 0) is 18.2 Å². The van der Waals surface area contributed by atoms with Crippen molar-refractivity contribution in [2.45, 2.75) is 12.5 Å². The number of benzene rings is 1. The number of oxazole rings is 1. The van der Waals surface area contributed by atoms with Gasteiger partial charge in [-0.3, -0.25) is 10.0 Å². The summed E-state index contributed by atoms with van der Waals surface area (Å²) in [5.41, 5.74) is 3.26. The standard InChI is InChI=1S/C16H13N7O4/c24-14(21-25)6-5-10-8-23(22-19-10)12(7-15-20-17-9-26-15)16-18-11-3-1-2-4-13(11)27-16/h1-6,8-9,12,25H,7H2,(H,21,24)/b6-5+. The lowest BCUT2D eigenvalue weighted by Crippen LogP contribution is -2.15. The summed E-state index contributed by atoms with van der Waals surface area (Å²) < 4.78 is 12.6. The van der Waals surface area contributed by atoms with Gasteiger partial charge in [0.1, 0.15) is 17.3 Å². The number of hydrogen-bond donors (Lipinski definition) is 2. The number of para-hydroxylation sites is 2. The molecule has 136 valence electrons. The SMILES string of the molecule is O=C(/C=C/c1cn(C(Cc2nnco2)c2nc3ccccc3o2)nn1)NO. The molecule has 3 heterocycles. The maximum absolute atomic E-state index is 11.1. The smallest absolute Gasteiger partial charge is 0.267 e. The van der Waals surface area contributed by atoms with Crippen molar-refractivity contribution < 1.29 is 18.8 Å². The van der Waals surface area contributed by atoms with Crippen LogP contribution in [0, 0.1) is 0 Å². The van der Waals surface area contributed by atoms with Gasteiger partial charge in [0.25, 0.3) is 5.91 Å². The molecule has 1 unspecified atom stereocenters. The van der Waals surface area contributed by atoms with Crippen LogP contribution in [-0.2, 0) is 11.2 Å². The minimum Gasteiger partial charge on any atom is -0.438 e. The molecular formula is C16H13N7O4. The Labute approximate surface area is 151 Å². The lowest BCUT2D eigenvalue weighted by molar-refractivity contribution is -0.124. The summed E-state index contributed by atoms with van der Waals surface area (Å²) in [5, 5.41) is 24.2. The highest BCUT2D eigenvalue weighted by Gasteiger charge is 2.24. The van der Waals surface area contributed by atoms with Gasteiger partial charge in [0.15, 0.2) is 5.58 Å². The van der Waals surface area contributed by atoms with Gasteiger partial charge in [0.05, 0.1) is 12.6 Å². The predicted octanol–water partition coefficient (Wildman–Crippen LogP) is 1.15. The summed E-state index contributed by atoms with van der Waals surface area (Å²) in [5.74, 6) is 0.114. The van der Waals surface area contributed by atoms with Gasteiger partial charge in [0.2, 0.25) is 18.2 Å². The average Bonchev–Trinajstić information content (AvgIpc) is 3.44. The first kappa shape index (κ1) is 16.6. The van der Waals surface area contributed by atoms with E-state index in [1.807, 2.05) is 24.3 Å². The van der Waals surface area contributed by atoms with Gasteiger partial charge in [-0.2, -0.15) is 0 Å². The molecule has 0 saturated heterocycles. The van der Waals surface area contributed by atoms with Crippen molar-refractivity contribution in [3.05, 3.63) is 60.4 Å². The van der Waals surface area contributed by atoms with Crippen molar-refractivity contribution in [3.63, 3.8) is 0 Å². The number of nitrogens with one attached hydrogen (secondary N) is 1. The first-order valence-electron chi connectivity index (χ1n) is 7.87. The van der Waals surface area contributed by atoms with Crippen LogP contribution in [0.25, 0.3) is 17.2 Å². The van der Waals surface area contributed by atoms with Crippen LogP contribution in [0.2, 0.25) is 0 Å². The largest absolute Gasteiger partial charge is 0.438 e. The maximum Gasteiger partial charge on any atom is 0.267 e. The van der Waals surface area contributed by atoms with Crippen LogP contribution >= 0.6 is 0 Å². The molecule has 27 heavy (non-hydrogen) atoms.